The van der Waals surface area contributed by atoms with E-state index in [1.54, 1.807) is 31.4 Å². The van der Waals surface area contributed by atoms with Crippen molar-refractivity contribution in [3.8, 4) is 5.75 Å². The molecule has 1 aromatic rings. The SMILES string of the molecule is COc1ccc(N2CCN(CCCO)S2(=O)=O)cc1. The van der Waals surface area contributed by atoms with Gasteiger partial charge in [0, 0.05) is 26.2 Å². The van der Waals surface area contributed by atoms with Crippen molar-refractivity contribution in [3.63, 3.8) is 0 Å². The Morgan fingerprint density at radius 3 is 2.53 bits per heavy atom. The van der Waals surface area contributed by atoms with Gasteiger partial charge in [-0.05, 0) is 30.7 Å². The number of methoxy groups -OCH3 is 1. The molecule has 1 aliphatic rings. The van der Waals surface area contributed by atoms with Gasteiger partial charge < -0.3 is 9.84 Å². The monoisotopic (exact) mass is 286 g/mol. The van der Waals surface area contributed by atoms with Crippen molar-refractivity contribution in [1.82, 2.24) is 4.31 Å². The fraction of sp³-hybridized carbons (Fsp3) is 0.500. The number of benzene rings is 1. The molecular weight excluding hydrogens is 268 g/mol. The van der Waals surface area contributed by atoms with Crippen LogP contribution in [0.2, 0.25) is 0 Å². The largest absolute Gasteiger partial charge is 0.497 e. The minimum atomic E-state index is -3.46. The standard InChI is InChI=1S/C12H18N2O4S/c1-18-12-5-3-11(4-6-12)14-9-8-13(7-2-10-15)19(14,16)17/h3-6,15H,2,7-10H2,1H3. The van der Waals surface area contributed by atoms with Gasteiger partial charge >= 0.3 is 10.2 Å². The second-order valence-corrected chi connectivity index (χ2v) is 6.11. The second kappa shape index (κ2) is 5.77. The highest BCUT2D eigenvalue weighted by Gasteiger charge is 2.36. The van der Waals surface area contributed by atoms with E-state index in [-0.39, 0.29) is 6.61 Å². The predicted octanol–water partition coefficient (Wildman–Crippen LogP) is 0.444. The van der Waals surface area contributed by atoms with Crippen LogP contribution in [0.4, 0.5) is 5.69 Å². The van der Waals surface area contributed by atoms with E-state index in [0.717, 1.165) is 0 Å². The maximum atomic E-state index is 12.3. The normalized spacial score (nSPS) is 18.7. The summed E-state index contributed by atoms with van der Waals surface area (Å²) in [6.45, 7) is 1.23. The van der Waals surface area contributed by atoms with Gasteiger partial charge in [-0.2, -0.15) is 12.7 Å². The topological polar surface area (TPSA) is 70.1 Å². The van der Waals surface area contributed by atoms with Gasteiger partial charge in [0.05, 0.1) is 12.8 Å². The highest BCUT2D eigenvalue weighted by atomic mass is 32.2. The number of ether oxygens (including phenoxy) is 1. The molecule has 1 fully saturated rings. The Bertz CT molecular complexity index is 515. The average Bonchev–Trinajstić information content (AvgIpc) is 2.71. The molecule has 1 saturated heterocycles. The van der Waals surface area contributed by atoms with Gasteiger partial charge in [0.15, 0.2) is 0 Å². The van der Waals surface area contributed by atoms with E-state index in [4.69, 9.17) is 9.84 Å². The minimum Gasteiger partial charge on any atom is -0.497 e. The molecule has 0 bridgehead atoms. The first-order valence-electron chi connectivity index (χ1n) is 6.12. The molecular formula is C12H18N2O4S. The molecule has 19 heavy (non-hydrogen) atoms. The van der Waals surface area contributed by atoms with Gasteiger partial charge in [-0.25, -0.2) is 0 Å². The van der Waals surface area contributed by atoms with Crippen LogP contribution in [-0.4, -0.2) is 51.2 Å². The van der Waals surface area contributed by atoms with Crippen LogP contribution >= 0.6 is 0 Å². The molecule has 0 spiro atoms. The molecule has 7 heteroatoms. The number of aliphatic hydroxyl groups is 1. The van der Waals surface area contributed by atoms with E-state index >= 15 is 0 Å². The van der Waals surface area contributed by atoms with Crippen molar-refractivity contribution in [1.29, 1.82) is 0 Å². The predicted molar refractivity (Wildman–Crippen MR) is 72.5 cm³/mol. The molecule has 0 aromatic heterocycles. The van der Waals surface area contributed by atoms with Gasteiger partial charge in [-0.1, -0.05) is 0 Å². The summed E-state index contributed by atoms with van der Waals surface area (Å²) in [5.74, 6) is 0.692. The molecule has 0 unspecified atom stereocenters. The Kier molecular flexibility index (Phi) is 4.28. The van der Waals surface area contributed by atoms with Crippen LogP contribution in [0.25, 0.3) is 0 Å². The Balaban J connectivity index is 2.17. The van der Waals surface area contributed by atoms with Crippen molar-refractivity contribution in [2.45, 2.75) is 6.42 Å². The number of hydrogen-bond acceptors (Lipinski definition) is 4. The van der Waals surface area contributed by atoms with Crippen molar-refractivity contribution in [2.24, 2.45) is 0 Å². The molecule has 0 aliphatic carbocycles. The smallest absolute Gasteiger partial charge is 0.304 e. The van der Waals surface area contributed by atoms with E-state index in [0.29, 0.717) is 37.5 Å². The zero-order valence-electron chi connectivity index (χ0n) is 10.8. The van der Waals surface area contributed by atoms with Crippen molar-refractivity contribution >= 4 is 15.9 Å². The zero-order chi connectivity index (χ0) is 13.9. The molecule has 6 nitrogen and oxygen atoms in total. The summed E-state index contributed by atoms with van der Waals surface area (Å²) in [6.07, 6.45) is 0.454. The van der Waals surface area contributed by atoms with Gasteiger partial charge in [-0.15, -0.1) is 0 Å². The van der Waals surface area contributed by atoms with Gasteiger partial charge in [0.2, 0.25) is 0 Å². The zero-order valence-corrected chi connectivity index (χ0v) is 11.6. The molecule has 0 saturated carbocycles. The number of aliphatic hydroxyl groups excluding tert-OH is 1. The van der Waals surface area contributed by atoms with E-state index in [1.165, 1.54) is 8.61 Å². The summed E-state index contributed by atoms with van der Waals surface area (Å²) in [7, 11) is -1.89. The number of rotatable bonds is 5. The molecule has 1 aromatic carbocycles. The van der Waals surface area contributed by atoms with Crippen molar-refractivity contribution < 1.29 is 18.3 Å². The lowest BCUT2D eigenvalue weighted by Gasteiger charge is -2.20. The fourth-order valence-corrected chi connectivity index (χ4v) is 3.71. The summed E-state index contributed by atoms with van der Waals surface area (Å²) >= 11 is 0. The first-order valence-corrected chi connectivity index (χ1v) is 7.52. The summed E-state index contributed by atoms with van der Waals surface area (Å²) in [4.78, 5) is 0. The van der Waals surface area contributed by atoms with Gasteiger partial charge in [-0.3, -0.25) is 4.31 Å². The Labute approximate surface area is 113 Å². The molecule has 0 radical (unpaired) electrons. The third kappa shape index (κ3) is 2.83. The quantitative estimate of drug-likeness (QED) is 0.853. The van der Waals surface area contributed by atoms with Crippen LogP contribution in [0.3, 0.4) is 0 Å². The molecule has 0 atom stereocenters. The van der Waals surface area contributed by atoms with Crippen LogP contribution in [0, 0.1) is 0 Å². The highest BCUT2D eigenvalue weighted by Crippen LogP contribution is 2.26. The molecule has 2 rings (SSSR count). The maximum Gasteiger partial charge on any atom is 0.304 e. The minimum absolute atomic E-state index is 0.00540. The first-order chi connectivity index (χ1) is 9.09. The Morgan fingerprint density at radius 2 is 1.95 bits per heavy atom. The molecule has 106 valence electrons. The van der Waals surface area contributed by atoms with Crippen molar-refractivity contribution in [2.75, 3.05) is 37.7 Å². The fourth-order valence-electron chi connectivity index (χ4n) is 2.06. The molecule has 0 amide bonds. The number of hydrogen-bond donors (Lipinski definition) is 1. The Morgan fingerprint density at radius 1 is 1.26 bits per heavy atom. The van der Waals surface area contributed by atoms with E-state index in [1.807, 2.05) is 0 Å². The molecule has 1 aliphatic heterocycles. The summed E-state index contributed by atoms with van der Waals surface area (Å²) in [5, 5.41) is 8.79. The Hall–Kier alpha value is -1.31. The van der Waals surface area contributed by atoms with Crippen molar-refractivity contribution in [3.05, 3.63) is 24.3 Å². The second-order valence-electron chi connectivity index (χ2n) is 4.25. The van der Waals surface area contributed by atoms with Crippen LogP contribution in [0.1, 0.15) is 6.42 Å². The summed E-state index contributed by atoms with van der Waals surface area (Å²) < 4.78 is 32.4. The molecule has 1 N–H and O–H groups in total. The first kappa shape index (κ1) is 14.1. The van der Waals surface area contributed by atoms with E-state index in [2.05, 4.69) is 0 Å². The van der Waals surface area contributed by atoms with E-state index in [9.17, 15) is 8.42 Å². The van der Waals surface area contributed by atoms with Gasteiger partial charge in [0.1, 0.15) is 5.75 Å². The maximum absolute atomic E-state index is 12.3. The lowest BCUT2D eigenvalue weighted by Crippen LogP contribution is -2.33. The average molecular weight is 286 g/mol. The highest BCUT2D eigenvalue weighted by molar-refractivity contribution is 7.90. The van der Waals surface area contributed by atoms with Crippen LogP contribution in [0.15, 0.2) is 24.3 Å². The number of anilines is 1. The lowest BCUT2D eigenvalue weighted by molar-refractivity contribution is 0.273. The molecule has 1 heterocycles. The van der Waals surface area contributed by atoms with Gasteiger partial charge in [0.25, 0.3) is 0 Å². The third-order valence-electron chi connectivity index (χ3n) is 3.08. The third-order valence-corrected chi connectivity index (χ3v) is 5.05. The number of nitrogens with zero attached hydrogens (tertiary/aromatic N) is 2. The van der Waals surface area contributed by atoms with Crippen LogP contribution < -0.4 is 9.04 Å². The summed E-state index contributed by atoms with van der Waals surface area (Å²) in [5.41, 5.74) is 0.632. The van der Waals surface area contributed by atoms with Crippen LogP contribution in [-0.2, 0) is 10.2 Å². The van der Waals surface area contributed by atoms with Crippen LogP contribution in [0.5, 0.6) is 5.75 Å². The van der Waals surface area contributed by atoms with E-state index < -0.39 is 10.2 Å². The lowest BCUT2D eigenvalue weighted by atomic mass is 10.3. The summed E-state index contributed by atoms with van der Waals surface area (Å²) in [6, 6.07) is 6.93.